The number of hydrogen-bond acceptors (Lipinski definition) is 3. The summed E-state index contributed by atoms with van der Waals surface area (Å²) in [7, 11) is -1.18. The van der Waals surface area contributed by atoms with E-state index in [0.717, 1.165) is 31.9 Å². The van der Waals surface area contributed by atoms with Gasteiger partial charge in [0, 0.05) is 14.1 Å². The van der Waals surface area contributed by atoms with Crippen molar-refractivity contribution >= 4 is 21.8 Å². The molecule has 27 heavy (non-hydrogen) atoms. The Hall–Kier alpha value is -2.45. The molecule has 2 rings (SSSR count). The summed E-state index contributed by atoms with van der Waals surface area (Å²) in [4.78, 5) is 12.5. The molecule has 8 heteroatoms. The Morgan fingerprint density at radius 1 is 1.07 bits per heavy atom. The third-order valence-electron chi connectivity index (χ3n) is 4.10. The fourth-order valence-electron chi connectivity index (χ4n) is 2.47. The number of carbonyl (C=O) groups is 1. The van der Waals surface area contributed by atoms with Gasteiger partial charge in [-0.3, -0.25) is 4.79 Å². The van der Waals surface area contributed by atoms with Gasteiger partial charge in [-0.05, 0) is 43.7 Å². The number of hydrogen-bond donors (Lipinski definition) is 1. The van der Waals surface area contributed by atoms with Crippen LogP contribution in [0.25, 0.3) is 0 Å². The average molecular weight is 393 g/mol. The van der Waals surface area contributed by atoms with Crippen molar-refractivity contribution < 1.29 is 17.6 Å². The number of benzene rings is 2. The molecule has 0 heterocycles. The number of nitrogens with zero attached hydrogens (tertiary/aromatic N) is 2. The first-order chi connectivity index (χ1) is 12.6. The summed E-state index contributed by atoms with van der Waals surface area (Å²) in [6.07, 6.45) is 0. The quantitative estimate of drug-likeness (QED) is 0.786. The Morgan fingerprint density at radius 2 is 1.63 bits per heavy atom. The molecule has 0 bridgehead atoms. The first-order valence-electron chi connectivity index (χ1n) is 8.43. The first kappa shape index (κ1) is 20.9. The van der Waals surface area contributed by atoms with Gasteiger partial charge in [0.1, 0.15) is 12.4 Å². The molecule has 146 valence electrons. The lowest BCUT2D eigenvalue weighted by molar-refractivity contribution is -0.120. The van der Waals surface area contributed by atoms with Crippen LogP contribution in [0.1, 0.15) is 24.1 Å². The van der Waals surface area contributed by atoms with Crippen LogP contribution in [0.2, 0.25) is 0 Å². The van der Waals surface area contributed by atoms with Crippen LogP contribution in [0, 0.1) is 12.7 Å². The van der Waals surface area contributed by atoms with Gasteiger partial charge < -0.3 is 5.32 Å². The van der Waals surface area contributed by atoms with Gasteiger partial charge in [0.25, 0.3) is 0 Å². The van der Waals surface area contributed by atoms with Gasteiger partial charge in [0.2, 0.25) is 5.91 Å². The molecule has 2 aromatic rings. The van der Waals surface area contributed by atoms with Crippen molar-refractivity contribution in [2.45, 2.75) is 19.9 Å². The van der Waals surface area contributed by atoms with Crippen molar-refractivity contribution in [1.82, 2.24) is 9.62 Å². The number of halogens is 1. The molecular formula is C19H24FN3O3S. The molecule has 0 aliphatic rings. The van der Waals surface area contributed by atoms with Gasteiger partial charge in [-0.2, -0.15) is 12.7 Å². The SMILES string of the molecule is Cc1ccc([C@H](C)NC(=O)CN(c2ccc(F)cc2)S(=O)(=O)N(C)C)cc1. The van der Waals surface area contributed by atoms with Crippen LogP contribution in [0.4, 0.5) is 10.1 Å². The molecule has 1 atom stereocenters. The summed E-state index contributed by atoms with van der Waals surface area (Å²) >= 11 is 0. The minimum Gasteiger partial charge on any atom is -0.348 e. The molecule has 0 aliphatic carbocycles. The van der Waals surface area contributed by atoms with Crippen LogP contribution in [0.3, 0.4) is 0 Å². The summed E-state index contributed by atoms with van der Waals surface area (Å²) in [5, 5.41) is 2.80. The smallest absolute Gasteiger partial charge is 0.304 e. The molecule has 0 saturated carbocycles. The second kappa shape index (κ2) is 8.49. The molecule has 0 aliphatic heterocycles. The second-order valence-corrected chi connectivity index (χ2v) is 8.54. The maximum Gasteiger partial charge on any atom is 0.304 e. The molecule has 1 amide bonds. The van der Waals surface area contributed by atoms with Crippen LogP contribution in [-0.2, 0) is 15.0 Å². The highest BCUT2D eigenvalue weighted by Crippen LogP contribution is 2.20. The monoisotopic (exact) mass is 393 g/mol. The van der Waals surface area contributed by atoms with E-state index in [0.29, 0.717) is 0 Å². The fourth-order valence-corrected chi connectivity index (χ4v) is 3.53. The molecule has 2 aromatic carbocycles. The summed E-state index contributed by atoms with van der Waals surface area (Å²) < 4.78 is 40.4. The van der Waals surface area contributed by atoms with E-state index in [2.05, 4.69) is 5.32 Å². The Labute approximate surface area is 159 Å². The van der Waals surface area contributed by atoms with E-state index in [1.54, 1.807) is 0 Å². The van der Waals surface area contributed by atoms with Crippen LogP contribution < -0.4 is 9.62 Å². The molecule has 0 fully saturated rings. The molecule has 1 N–H and O–H groups in total. The zero-order valence-corrected chi connectivity index (χ0v) is 16.6. The summed E-state index contributed by atoms with van der Waals surface area (Å²) in [5.41, 5.74) is 2.23. The standard InChI is InChI=1S/C19H24FN3O3S/c1-14-5-7-16(8-6-14)15(2)21-19(24)13-23(27(25,26)22(3)4)18-11-9-17(20)10-12-18/h5-12,15H,13H2,1-4H3,(H,21,24)/t15-/m0/s1. The normalized spacial score (nSPS) is 12.7. The Balaban J connectivity index is 2.20. The second-order valence-electron chi connectivity index (χ2n) is 6.47. The number of rotatable bonds is 7. The predicted octanol–water partition coefficient (Wildman–Crippen LogP) is 2.62. The zero-order chi connectivity index (χ0) is 20.2. The van der Waals surface area contributed by atoms with Crippen molar-refractivity contribution in [2.75, 3.05) is 24.9 Å². The third kappa shape index (κ3) is 5.27. The number of amides is 1. The maximum atomic E-state index is 13.2. The summed E-state index contributed by atoms with van der Waals surface area (Å²) in [6, 6.07) is 12.4. The van der Waals surface area contributed by atoms with Crippen molar-refractivity contribution in [3.05, 3.63) is 65.5 Å². The minimum absolute atomic E-state index is 0.211. The predicted molar refractivity (Wildman–Crippen MR) is 104 cm³/mol. The molecule has 6 nitrogen and oxygen atoms in total. The largest absolute Gasteiger partial charge is 0.348 e. The van der Waals surface area contributed by atoms with Gasteiger partial charge in [0.05, 0.1) is 11.7 Å². The lowest BCUT2D eigenvalue weighted by atomic mass is 10.1. The van der Waals surface area contributed by atoms with Crippen molar-refractivity contribution in [3.8, 4) is 0 Å². The van der Waals surface area contributed by atoms with Crippen molar-refractivity contribution in [3.63, 3.8) is 0 Å². The number of anilines is 1. The Morgan fingerprint density at radius 3 is 2.15 bits per heavy atom. The van der Waals surface area contributed by atoms with E-state index >= 15 is 0 Å². The first-order valence-corrected chi connectivity index (χ1v) is 9.82. The van der Waals surface area contributed by atoms with Crippen molar-refractivity contribution in [2.24, 2.45) is 0 Å². The van der Waals surface area contributed by atoms with E-state index in [9.17, 15) is 17.6 Å². The van der Waals surface area contributed by atoms with Gasteiger partial charge >= 0.3 is 10.2 Å². The lowest BCUT2D eigenvalue weighted by Gasteiger charge is -2.27. The topological polar surface area (TPSA) is 69.7 Å². The maximum absolute atomic E-state index is 13.2. The molecule has 0 radical (unpaired) electrons. The van der Waals surface area contributed by atoms with Crippen molar-refractivity contribution in [1.29, 1.82) is 0 Å². The molecule has 0 spiro atoms. The lowest BCUT2D eigenvalue weighted by Crippen LogP contribution is -2.46. The van der Waals surface area contributed by atoms with Crippen LogP contribution in [0.15, 0.2) is 48.5 Å². The van der Waals surface area contributed by atoms with E-state index in [4.69, 9.17) is 0 Å². The number of nitrogens with one attached hydrogen (secondary N) is 1. The van der Waals surface area contributed by atoms with Crippen LogP contribution >= 0.6 is 0 Å². The highest BCUT2D eigenvalue weighted by Gasteiger charge is 2.27. The highest BCUT2D eigenvalue weighted by molar-refractivity contribution is 7.90. The third-order valence-corrected chi connectivity index (χ3v) is 5.92. The van der Waals surface area contributed by atoms with E-state index in [-0.39, 0.29) is 11.7 Å². The van der Waals surface area contributed by atoms with Gasteiger partial charge in [-0.15, -0.1) is 0 Å². The average Bonchev–Trinajstić information content (AvgIpc) is 2.60. The Bertz CT molecular complexity index is 881. The zero-order valence-electron chi connectivity index (χ0n) is 15.8. The number of carbonyl (C=O) groups excluding carboxylic acids is 1. The molecule has 0 saturated heterocycles. The van der Waals surface area contributed by atoms with Gasteiger partial charge in [0.15, 0.2) is 0 Å². The molecular weight excluding hydrogens is 369 g/mol. The van der Waals surface area contributed by atoms with Crippen LogP contribution in [-0.4, -0.2) is 39.3 Å². The molecule has 0 unspecified atom stereocenters. The van der Waals surface area contributed by atoms with E-state index in [1.807, 2.05) is 38.1 Å². The summed E-state index contributed by atoms with van der Waals surface area (Å²) in [6.45, 7) is 3.38. The van der Waals surface area contributed by atoms with Crippen LogP contribution in [0.5, 0.6) is 0 Å². The minimum atomic E-state index is -3.92. The molecule has 0 aromatic heterocycles. The number of aryl methyl sites for hydroxylation is 1. The van der Waals surface area contributed by atoms with Gasteiger partial charge in [-0.25, -0.2) is 8.70 Å². The summed E-state index contributed by atoms with van der Waals surface area (Å²) in [5.74, 6) is -0.948. The highest BCUT2D eigenvalue weighted by atomic mass is 32.2. The Kier molecular flexibility index (Phi) is 6.56. The van der Waals surface area contributed by atoms with E-state index < -0.39 is 28.5 Å². The van der Waals surface area contributed by atoms with Gasteiger partial charge in [-0.1, -0.05) is 29.8 Å². The fraction of sp³-hybridized carbons (Fsp3) is 0.316. The van der Waals surface area contributed by atoms with E-state index in [1.165, 1.54) is 26.2 Å².